The van der Waals surface area contributed by atoms with Gasteiger partial charge in [-0.2, -0.15) is 4.39 Å². The molecule has 1 aromatic heterocycles. The summed E-state index contributed by atoms with van der Waals surface area (Å²) in [5, 5.41) is 11.8. The van der Waals surface area contributed by atoms with Crippen LogP contribution in [0.25, 0.3) is 0 Å². The van der Waals surface area contributed by atoms with Gasteiger partial charge in [-0.3, -0.25) is 4.79 Å². The van der Waals surface area contributed by atoms with Crippen LogP contribution in [-0.2, 0) is 6.42 Å². The van der Waals surface area contributed by atoms with Gasteiger partial charge in [0.15, 0.2) is 5.82 Å². The lowest BCUT2D eigenvalue weighted by Crippen LogP contribution is -2.39. The average Bonchev–Trinajstić information content (AvgIpc) is 2.50. The fourth-order valence-electron chi connectivity index (χ4n) is 1.92. The highest BCUT2D eigenvalue weighted by Crippen LogP contribution is 2.10. The Morgan fingerprint density at radius 2 is 1.95 bits per heavy atom. The van der Waals surface area contributed by atoms with Crippen LogP contribution in [0.4, 0.5) is 8.78 Å². The number of carbonyl (C=O) groups is 1. The molecule has 0 bridgehead atoms. The molecule has 4 nitrogen and oxygen atoms in total. The van der Waals surface area contributed by atoms with Gasteiger partial charge in [0.05, 0.1) is 18.2 Å². The maximum Gasteiger partial charge on any atom is 0.254 e. The van der Waals surface area contributed by atoms with Crippen molar-refractivity contribution in [3.63, 3.8) is 0 Å². The van der Waals surface area contributed by atoms with Crippen molar-refractivity contribution in [3.05, 3.63) is 65.5 Å². The molecule has 0 unspecified atom stereocenters. The first-order valence-electron chi connectivity index (χ1n) is 6.37. The molecule has 0 aliphatic heterocycles. The Balaban J connectivity index is 2.08. The molecule has 0 saturated carbocycles. The highest BCUT2D eigenvalue weighted by atomic mass is 19.2. The minimum absolute atomic E-state index is 0.310. The van der Waals surface area contributed by atoms with Gasteiger partial charge in [-0.1, -0.05) is 30.3 Å². The van der Waals surface area contributed by atoms with Crippen molar-refractivity contribution in [2.75, 3.05) is 6.61 Å². The molecule has 1 amide bonds. The molecule has 0 radical (unpaired) electrons. The summed E-state index contributed by atoms with van der Waals surface area (Å²) in [6.45, 7) is -0.310. The zero-order chi connectivity index (χ0) is 15.2. The maximum absolute atomic E-state index is 13.5. The highest BCUT2D eigenvalue weighted by Gasteiger charge is 2.19. The van der Waals surface area contributed by atoms with Gasteiger partial charge in [-0.15, -0.1) is 0 Å². The molecule has 0 fully saturated rings. The average molecular weight is 292 g/mol. The molecule has 2 N–H and O–H groups in total. The van der Waals surface area contributed by atoms with Gasteiger partial charge in [0.2, 0.25) is 5.95 Å². The number of nitrogens with one attached hydrogen (secondary N) is 1. The second-order valence-electron chi connectivity index (χ2n) is 4.51. The molecule has 21 heavy (non-hydrogen) atoms. The fourth-order valence-corrected chi connectivity index (χ4v) is 1.92. The van der Waals surface area contributed by atoms with Gasteiger partial charge in [0.1, 0.15) is 0 Å². The number of benzene rings is 1. The van der Waals surface area contributed by atoms with Gasteiger partial charge in [0, 0.05) is 6.20 Å². The molecule has 1 heterocycles. The van der Waals surface area contributed by atoms with Crippen molar-refractivity contribution in [1.29, 1.82) is 0 Å². The van der Waals surface area contributed by atoms with E-state index in [0.29, 0.717) is 6.42 Å². The number of pyridine rings is 1. The summed E-state index contributed by atoms with van der Waals surface area (Å²) in [4.78, 5) is 15.0. The molecule has 0 spiro atoms. The first-order chi connectivity index (χ1) is 10.1. The molecule has 0 aliphatic carbocycles. The van der Waals surface area contributed by atoms with Crippen LogP contribution in [0.2, 0.25) is 0 Å². The third kappa shape index (κ3) is 3.82. The first kappa shape index (κ1) is 15.1. The zero-order valence-corrected chi connectivity index (χ0v) is 11.1. The van der Waals surface area contributed by atoms with Crippen LogP contribution < -0.4 is 5.32 Å². The predicted octanol–water partition coefficient (Wildman–Crippen LogP) is 1.69. The number of halogens is 2. The number of hydrogen-bond acceptors (Lipinski definition) is 3. The van der Waals surface area contributed by atoms with Crippen LogP contribution in [0.1, 0.15) is 15.9 Å². The van der Waals surface area contributed by atoms with Crippen molar-refractivity contribution < 1.29 is 18.7 Å². The number of nitrogens with zero attached hydrogens (tertiary/aromatic N) is 1. The fraction of sp³-hybridized carbons (Fsp3) is 0.200. The summed E-state index contributed by atoms with van der Waals surface area (Å²) in [7, 11) is 0. The zero-order valence-electron chi connectivity index (χ0n) is 11.1. The van der Waals surface area contributed by atoms with Crippen LogP contribution in [0.15, 0.2) is 42.6 Å². The standard InChI is InChI=1S/C15H14F2N2O2/c16-13-12(6-7-18-14(13)17)15(21)19-11(9-20)8-10-4-2-1-3-5-10/h1-7,11,20H,8-9H2,(H,19,21)/t11-/m1/s1. The maximum atomic E-state index is 13.5. The van der Waals surface area contributed by atoms with E-state index in [1.54, 1.807) is 0 Å². The number of carbonyl (C=O) groups excluding carboxylic acids is 1. The van der Waals surface area contributed by atoms with E-state index in [-0.39, 0.29) is 6.61 Å². The SMILES string of the molecule is O=C(N[C@@H](CO)Cc1ccccc1)c1ccnc(F)c1F. The smallest absolute Gasteiger partial charge is 0.254 e. The molecule has 110 valence electrons. The number of amides is 1. The van der Waals surface area contributed by atoms with Gasteiger partial charge in [-0.05, 0) is 18.1 Å². The molecular weight excluding hydrogens is 278 g/mol. The quantitative estimate of drug-likeness (QED) is 0.824. The van der Waals surface area contributed by atoms with Crippen LogP contribution in [-0.4, -0.2) is 28.6 Å². The van der Waals surface area contributed by atoms with E-state index in [4.69, 9.17) is 0 Å². The van der Waals surface area contributed by atoms with E-state index in [9.17, 15) is 18.7 Å². The number of aliphatic hydroxyl groups is 1. The van der Waals surface area contributed by atoms with E-state index < -0.39 is 29.3 Å². The molecule has 1 aromatic carbocycles. The summed E-state index contributed by atoms with van der Waals surface area (Å²) >= 11 is 0. The van der Waals surface area contributed by atoms with Gasteiger partial charge in [0.25, 0.3) is 5.91 Å². The molecular formula is C15H14F2N2O2. The first-order valence-corrected chi connectivity index (χ1v) is 6.37. The Hall–Kier alpha value is -2.34. The van der Waals surface area contributed by atoms with Gasteiger partial charge in [-0.25, -0.2) is 9.37 Å². The van der Waals surface area contributed by atoms with Crippen molar-refractivity contribution >= 4 is 5.91 Å². The van der Waals surface area contributed by atoms with Crippen LogP contribution in [0, 0.1) is 11.8 Å². The minimum Gasteiger partial charge on any atom is -0.394 e. The highest BCUT2D eigenvalue weighted by molar-refractivity contribution is 5.94. The van der Waals surface area contributed by atoms with Crippen molar-refractivity contribution in [2.24, 2.45) is 0 Å². The van der Waals surface area contributed by atoms with Crippen molar-refractivity contribution in [1.82, 2.24) is 10.3 Å². The minimum atomic E-state index is -1.33. The van der Waals surface area contributed by atoms with Crippen LogP contribution in [0.5, 0.6) is 0 Å². The Morgan fingerprint density at radius 1 is 1.24 bits per heavy atom. The normalized spacial score (nSPS) is 12.0. The van der Waals surface area contributed by atoms with E-state index in [2.05, 4.69) is 10.3 Å². The largest absolute Gasteiger partial charge is 0.394 e. The van der Waals surface area contributed by atoms with Crippen molar-refractivity contribution in [3.8, 4) is 0 Å². The summed E-state index contributed by atoms with van der Waals surface area (Å²) in [6.07, 6.45) is 1.40. The number of aliphatic hydroxyl groups excluding tert-OH is 1. The van der Waals surface area contributed by atoms with E-state index in [1.165, 1.54) is 0 Å². The van der Waals surface area contributed by atoms with Gasteiger partial charge < -0.3 is 10.4 Å². The molecule has 0 aliphatic rings. The Bertz CT molecular complexity index is 620. The third-order valence-electron chi connectivity index (χ3n) is 2.97. The van der Waals surface area contributed by atoms with E-state index in [0.717, 1.165) is 17.8 Å². The molecule has 0 saturated heterocycles. The number of hydrogen-bond donors (Lipinski definition) is 2. The van der Waals surface area contributed by atoms with E-state index in [1.807, 2.05) is 30.3 Å². The monoisotopic (exact) mass is 292 g/mol. The molecule has 2 aromatic rings. The third-order valence-corrected chi connectivity index (χ3v) is 2.97. The molecule has 6 heteroatoms. The molecule has 2 rings (SSSR count). The lowest BCUT2D eigenvalue weighted by molar-refractivity contribution is 0.0911. The lowest BCUT2D eigenvalue weighted by Gasteiger charge is -2.16. The number of aromatic nitrogens is 1. The second-order valence-corrected chi connectivity index (χ2v) is 4.51. The van der Waals surface area contributed by atoms with Crippen molar-refractivity contribution in [2.45, 2.75) is 12.5 Å². The Labute approximate surface area is 120 Å². The summed E-state index contributed by atoms with van der Waals surface area (Å²) < 4.78 is 26.5. The lowest BCUT2D eigenvalue weighted by atomic mass is 10.1. The Kier molecular flexibility index (Phi) is 4.94. The van der Waals surface area contributed by atoms with E-state index >= 15 is 0 Å². The summed E-state index contributed by atoms with van der Waals surface area (Å²) in [6, 6.07) is 9.72. The molecule has 1 atom stereocenters. The van der Waals surface area contributed by atoms with Crippen LogP contribution in [0.3, 0.4) is 0 Å². The predicted molar refractivity (Wildman–Crippen MR) is 72.6 cm³/mol. The summed E-state index contributed by atoms with van der Waals surface area (Å²) in [5.74, 6) is -3.42. The topological polar surface area (TPSA) is 62.2 Å². The van der Waals surface area contributed by atoms with Crippen LogP contribution >= 0.6 is 0 Å². The second kappa shape index (κ2) is 6.90. The van der Waals surface area contributed by atoms with Gasteiger partial charge >= 0.3 is 0 Å². The number of rotatable bonds is 5. The summed E-state index contributed by atoms with van der Waals surface area (Å²) in [5.41, 5.74) is 0.479. The Morgan fingerprint density at radius 3 is 2.62 bits per heavy atom.